The van der Waals surface area contributed by atoms with Crippen molar-refractivity contribution in [1.82, 2.24) is 0 Å². The van der Waals surface area contributed by atoms with Gasteiger partial charge in [-0.3, -0.25) is 14.9 Å². The number of nitro groups is 1. The van der Waals surface area contributed by atoms with Gasteiger partial charge >= 0.3 is 11.7 Å². The van der Waals surface area contributed by atoms with Crippen molar-refractivity contribution in [3.05, 3.63) is 67.9 Å². The van der Waals surface area contributed by atoms with E-state index in [0.717, 1.165) is 18.2 Å². The Labute approximate surface area is 134 Å². The number of benzene rings is 2. The fourth-order valence-corrected chi connectivity index (χ4v) is 2.26. The zero-order valence-electron chi connectivity index (χ0n) is 10.9. The van der Waals surface area contributed by atoms with E-state index in [2.05, 4.69) is 0 Å². The average molecular weight is 344 g/mol. The van der Waals surface area contributed by atoms with Crippen molar-refractivity contribution in [2.45, 2.75) is 6.42 Å². The molecule has 2 aromatic rings. The Morgan fingerprint density at radius 1 is 1.23 bits per heavy atom. The predicted octanol–water partition coefficient (Wildman–Crippen LogP) is 4.19. The van der Waals surface area contributed by atoms with Gasteiger partial charge in [0, 0.05) is 27.7 Å². The molecular weight excluding hydrogens is 336 g/mol. The molecule has 0 unspecified atom stereocenters. The molecule has 0 N–H and O–H groups in total. The predicted molar refractivity (Wildman–Crippen MR) is 78.9 cm³/mol. The molecule has 0 amide bonds. The van der Waals surface area contributed by atoms with E-state index < -0.39 is 28.1 Å². The highest BCUT2D eigenvalue weighted by molar-refractivity contribution is 6.36. The highest BCUT2D eigenvalue weighted by Crippen LogP contribution is 2.29. The Morgan fingerprint density at radius 3 is 2.45 bits per heavy atom. The summed E-state index contributed by atoms with van der Waals surface area (Å²) in [5, 5.41) is 11.4. The second-order valence-corrected chi connectivity index (χ2v) is 5.03. The molecule has 114 valence electrons. The van der Waals surface area contributed by atoms with Gasteiger partial charge in [0.1, 0.15) is 5.82 Å². The van der Waals surface area contributed by atoms with Crippen LogP contribution in [0.5, 0.6) is 5.75 Å². The number of halogens is 3. The van der Waals surface area contributed by atoms with Crippen molar-refractivity contribution in [2.75, 3.05) is 0 Å². The minimum Gasteiger partial charge on any atom is -0.419 e. The Bertz CT molecular complexity index is 731. The molecule has 0 radical (unpaired) electrons. The summed E-state index contributed by atoms with van der Waals surface area (Å²) in [6.07, 6.45) is -0.299. The first-order valence-electron chi connectivity index (χ1n) is 5.96. The monoisotopic (exact) mass is 343 g/mol. The number of carbonyl (C=O) groups is 1. The van der Waals surface area contributed by atoms with E-state index in [9.17, 15) is 19.3 Å². The smallest absolute Gasteiger partial charge is 0.316 e. The van der Waals surface area contributed by atoms with Crippen LogP contribution in [0.25, 0.3) is 0 Å². The van der Waals surface area contributed by atoms with Crippen LogP contribution in [-0.2, 0) is 11.2 Å². The highest BCUT2D eigenvalue weighted by Gasteiger charge is 2.20. The van der Waals surface area contributed by atoms with Crippen LogP contribution < -0.4 is 4.74 Å². The lowest BCUT2D eigenvalue weighted by atomic mass is 10.1. The van der Waals surface area contributed by atoms with Crippen LogP contribution in [-0.4, -0.2) is 10.9 Å². The summed E-state index contributed by atoms with van der Waals surface area (Å²) in [6.45, 7) is 0. The third-order valence-electron chi connectivity index (χ3n) is 2.73. The van der Waals surface area contributed by atoms with E-state index in [1.54, 1.807) is 18.2 Å². The number of carbonyl (C=O) groups excluding carboxylic acids is 1. The van der Waals surface area contributed by atoms with Crippen molar-refractivity contribution in [1.29, 1.82) is 0 Å². The molecule has 0 bridgehead atoms. The molecule has 0 aromatic heterocycles. The van der Waals surface area contributed by atoms with Gasteiger partial charge in [-0.15, -0.1) is 0 Å². The maximum absolute atomic E-state index is 13.2. The van der Waals surface area contributed by atoms with Gasteiger partial charge in [0.15, 0.2) is 0 Å². The third-order valence-corrected chi connectivity index (χ3v) is 3.43. The summed E-state index contributed by atoms with van der Waals surface area (Å²) in [4.78, 5) is 21.9. The van der Waals surface area contributed by atoms with E-state index in [0.29, 0.717) is 5.56 Å². The molecule has 8 heteroatoms. The fourth-order valence-electron chi connectivity index (χ4n) is 1.72. The number of rotatable bonds is 4. The van der Waals surface area contributed by atoms with Crippen LogP contribution in [0.3, 0.4) is 0 Å². The summed E-state index contributed by atoms with van der Waals surface area (Å²) >= 11 is 11.8. The maximum atomic E-state index is 13.2. The van der Waals surface area contributed by atoms with Crippen molar-refractivity contribution in [3.8, 4) is 5.75 Å². The largest absolute Gasteiger partial charge is 0.419 e. The van der Waals surface area contributed by atoms with Gasteiger partial charge in [0.25, 0.3) is 0 Å². The summed E-state index contributed by atoms with van der Waals surface area (Å²) in [6, 6.07) is 7.28. The number of hydrogen-bond donors (Lipinski definition) is 0. The van der Waals surface area contributed by atoms with Crippen LogP contribution in [0.4, 0.5) is 10.1 Å². The quantitative estimate of drug-likeness (QED) is 0.361. The van der Waals surface area contributed by atoms with E-state index in [1.165, 1.54) is 0 Å². The Balaban J connectivity index is 2.23. The molecule has 2 aromatic carbocycles. The number of ether oxygens (including phenoxy) is 1. The van der Waals surface area contributed by atoms with Crippen molar-refractivity contribution in [3.63, 3.8) is 0 Å². The van der Waals surface area contributed by atoms with Crippen LogP contribution >= 0.6 is 23.2 Å². The zero-order chi connectivity index (χ0) is 16.3. The molecular formula is C14H8Cl2FNO4. The van der Waals surface area contributed by atoms with E-state index in [1.807, 2.05) is 0 Å². The lowest BCUT2D eigenvalue weighted by molar-refractivity contribution is -0.385. The molecule has 0 saturated carbocycles. The summed E-state index contributed by atoms with van der Waals surface area (Å²) in [5.41, 5.74) is -0.185. The minimum absolute atomic E-state index is 0.262. The van der Waals surface area contributed by atoms with Crippen LogP contribution in [0.2, 0.25) is 10.0 Å². The van der Waals surface area contributed by atoms with Gasteiger partial charge in [-0.25, -0.2) is 4.39 Å². The standard InChI is InChI=1S/C14H8Cl2FNO4/c15-10-2-1-3-11(16)9(10)7-14(19)22-13-6-8(17)4-5-12(13)18(20)21/h1-6H,7H2. The molecule has 0 atom stereocenters. The maximum Gasteiger partial charge on any atom is 0.316 e. The molecule has 0 fully saturated rings. The van der Waals surface area contributed by atoms with Crippen LogP contribution in [0.15, 0.2) is 36.4 Å². The van der Waals surface area contributed by atoms with Gasteiger partial charge in [0.2, 0.25) is 5.75 Å². The number of nitrogens with zero attached hydrogens (tertiary/aromatic N) is 1. The number of esters is 1. The second kappa shape index (κ2) is 6.72. The molecule has 0 saturated heterocycles. The van der Waals surface area contributed by atoms with Crippen LogP contribution in [0, 0.1) is 15.9 Å². The first-order chi connectivity index (χ1) is 10.4. The van der Waals surface area contributed by atoms with Gasteiger partial charge in [-0.1, -0.05) is 29.3 Å². The Kier molecular flexibility index (Phi) is 4.95. The molecule has 0 spiro atoms. The first kappa shape index (κ1) is 16.2. The molecule has 0 aliphatic heterocycles. The lowest BCUT2D eigenvalue weighted by Gasteiger charge is -2.08. The SMILES string of the molecule is O=C(Cc1c(Cl)cccc1Cl)Oc1cc(F)ccc1[N+](=O)[O-]. The lowest BCUT2D eigenvalue weighted by Crippen LogP contribution is -2.13. The van der Waals surface area contributed by atoms with Gasteiger partial charge in [-0.05, 0) is 18.2 Å². The normalized spacial score (nSPS) is 10.3. The molecule has 0 heterocycles. The third kappa shape index (κ3) is 3.72. The molecule has 22 heavy (non-hydrogen) atoms. The Morgan fingerprint density at radius 2 is 1.86 bits per heavy atom. The Hall–Kier alpha value is -2.18. The molecule has 2 rings (SSSR count). The van der Waals surface area contributed by atoms with Crippen molar-refractivity contribution < 1.29 is 18.8 Å². The molecule has 0 aliphatic rings. The average Bonchev–Trinajstić information content (AvgIpc) is 2.43. The van der Waals surface area contributed by atoms with E-state index >= 15 is 0 Å². The van der Waals surface area contributed by atoms with Crippen LogP contribution in [0.1, 0.15) is 5.56 Å². The van der Waals surface area contributed by atoms with Gasteiger partial charge < -0.3 is 4.74 Å². The topological polar surface area (TPSA) is 69.4 Å². The van der Waals surface area contributed by atoms with Crippen molar-refractivity contribution in [2.24, 2.45) is 0 Å². The number of hydrogen-bond acceptors (Lipinski definition) is 4. The fraction of sp³-hybridized carbons (Fsp3) is 0.0714. The molecule has 0 aliphatic carbocycles. The van der Waals surface area contributed by atoms with E-state index in [4.69, 9.17) is 27.9 Å². The summed E-state index contributed by atoms with van der Waals surface area (Å²) in [5.74, 6) is -2.08. The summed E-state index contributed by atoms with van der Waals surface area (Å²) in [7, 11) is 0. The first-order valence-corrected chi connectivity index (χ1v) is 6.71. The van der Waals surface area contributed by atoms with E-state index in [-0.39, 0.29) is 16.5 Å². The second-order valence-electron chi connectivity index (χ2n) is 4.22. The summed E-state index contributed by atoms with van der Waals surface area (Å²) < 4.78 is 18.0. The highest BCUT2D eigenvalue weighted by atomic mass is 35.5. The zero-order valence-corrected chi connectivity index (χ0v) is 12.4. The molecule has 5 nitrogen and oxygen atoms in total. The van der Waals surface area contributed by atoms with Crippen molar-refractivity contribution >= 4 is 34.9 Å². The van der Waals surface area contributed by atoms with Gasteiger partial charge in [-0.2, -0.15) is 0 Å². The minimum atomic E-state index is -0.844. The van der Waals surface area contributed by atoms with Gasteiger partial charge in [0.05, 0.1) is 11.3 Å². The number of nitro benzene ring substituents is 1.